The van der Waals surface area contributed by atoms with E-state index in [0.717, 1.165) is 19.5 Å². The van der Waals surface area contributed by atoms with Gasteiger partial charge in [-0.2, -0.15) is 0 Å². The highest BCUT2D eigenvalue weighted by molar-refractivity contribution is 5.94. The summed E-state index contributed by atoms with van der Waals surface area (Å²) in [5, 5.41) is 6.21. The topological polar surface area (TPSA) is 41.1 Å². The maximum Gasteiger partial charge on any atom is 0.251 e. The van der Waals surface area contributed by atoms with Gasteiger partial charge in [0, 0.05) is 12.1 Å². The van der Waals surface area contributed by atoms with Gasteiger partial charge in [0.05, 0.1) is 0 Å². The van der Waals surface area contributed by atoms with Gasteiger partial charge in [0.2, 0.25) is 0 Å². The second-order valence-corrected chi connectivity index (χ2v) is 4.74. The molecule has 0 atom stereocenters. The summed E-state index contributed by atoms with van der Waals surface area (Å²) in [6.07, 6.45) is 3.40. The van der Waals surface area contributed by atoms with E-state index in [0.29, 0.717) is 18.0 Å². The third-order valence-electron chi connectivity index (χ3n) is 3.40. The van der Waals surface area contributed by atoms with E-state index in [1.165, 1.54) is 37.1 Å². The van der Waals surface area contributed by atoms with E-state index in [-0.39, 0.29) is 11.7 Å². The van der Waals surface area contributed by atoms with Crippen molar-refractivity contribution >= 4 is 5.91 Å². The van der Waals surface area contributed by atoms with Crippen LogP contribution in [-0.4, -0.2) is 25.5 Å². The van der Waals surface area contributed by atoms with Crippen molar-refractivity contribution in [2.24, 2.45) is 5.92 Å². The molecule has 4 heteroatoms. The minimum atomic E-state index is -0.318. The molecule has 0 radical (unpaired) electrons. The van der Waals surface area contributed by atoms with E-state index in [2.05, 4.69) is 10.6 Å². The van der Waals surface area contributed by atoms with Crippen LogP contribution in [0.25, 0.3) is 0 Å². The van der Waals surface area contributed by atoms with E-state index >= 15 is 0 Å². The molecular formula is C14H19FN2O. The standard InChI is InChI=1S/C14H19FN2O/c15-13-3-1-12(2-4-13)14(18)17-10-7-11-5-8-16-9-6-11/h1-4,11,16H,5-10H2,(H,17,18). The predicted octanol–water partition coefficient (Wildman–Crippen LogP) is 1.95. The molecule has 1 aliphatic rings. The summed E-state index contributed by atoms with van der Waals surface area (Å²) in [4.78, 5) is 11.8. The van der Waals surface area contributed by atoms with Crippen LogP contribution in [0, 0.1) is 11.7 Å². The Balaban J connectivity index is 1.72. The molecule has 18 heavy (non-hydrogen) atoms. The van der Waals surface area contributed by atoms with E-state index in [1.54, 1.807) is 0 Å². The maximum absolute atomic E-state index is 12.7. The lowest BCUT2D eigenvalue weighted by Gasteiger charge is -2.22. The molecule has 0 aromatic heterocycles. The van der Waals surface area contributed by atoms with Crippen molar-refractivity contribution in [1.29, 1.82) is 0 Å². The third kappa shape index (κ3) is 3.81. The zero-order chi connectivity index (χ0) is 12.8. The Morgan fingerprint density at radius 2 is 1.94 bits per heavy atom. The molecule has 1 aromatic rings. The summed E-state index contributed by atoms with van der Waals surface area (Å²) < 4.78 is 12.7. The number of nitrogens with one attached hydrogen (secondary N) is 2. The highest BCUT2D eigenvalue weighted by atomic mass is 19.1. The Hall–Kier alpha value is -1.42. The molecule has 1 fully saturated rings. The summed E-state index contributed by atoms with van der Waals surface area (Å²) >= 11 is 0. The van der Waals surface area contributed by atoms with Crippen molar-refractivity contribution in [2.45, 2.75) is 19.3 Å². The molecule has 1 heterocycles. The normalized spacial score (nSPS) is 16.5. The number of halogens is 1. The molecular weight excluding hydrogens is 231 g/mol. The van der Waals surface area contributed by atoms with Gasteiger partial charge >= 0.3 is 0 Å². The molecule has 1 aliphatic heterocycles. The first-order valence-electron chi connectivity index (χ1n) is 6.50. The molecule has 98 valence electrons. The minimum Gasteiger partial charge on any atom is -0.352 e. The van der Waals surface area contributed by atoms with Gasteiger partial charge in [0.15, 0.2) is 0 Å². The Morgan fingerprint density at radius 3 is 2.61 bits per heavy atom. The maximum atomic E-state index is 12.7. The predicted molar refractivity (Wildman–Crippen MR) is 68.9 cm³/mol. The van der Waals surface area contributed by atoms with Crippen LogP contribution >= 0.6 is 0 Å². The zero-order valence-electron chi connectivity index (χ0n) is 10.4. The van der Waals surface area contributed by atoms with Gasteiger partial charge in [0.25, 0.3) is 5.91 Å². The Kier molecular flexibility index (Phi) is 4.70. The summed E-state index contributed by atoms with van der Waals surface area (Å²) in [6, 6.07) is 5.63. The number of rotatable bonds is 4. The number of piperidine rings is 1. The number of carbonyl (C=O) groups is 1. The van der Waals surface area contributed by atoms with Crippen LogP contribution in [0.5, 0.6) is 0 Å². The highest BCUT2D eigenvalue weighted by Crippen LogP contribution is 2.14. The fraction of sp³-hybridized carbons (Fsp3) is 0.500. The molecule has 3 nitrogen and oxygen atoms in total. The lowest BCUT2D eigenvalue weighted by Crippen LogP contribution is -2.31. The number of carbonyl (C=O) groups excluding carboxylic acids is 1. The van der Waals surface area contributed by atoms with E-state index in [9.17, 15) is 9.18 Å². The first-order valence-corrected chi connectivity index (χ1v) is 6.50. The SMILES string of the molecule is O=C(NCCC1CCNCC1)c1ccc(F)cc1. The Bertz CT molecular complexity index is 385. The molecule has 2 rings (SSSR count). The second kappa shape index (κ2) is 6.50. The van der Waals surface area contributed by atoms with Crippen molar-refractivity contribution in [1.82, 2.24) is 10.6 Å². The van der Waals surface area contributed by atoms with Crippen LogP contribution in [0.3, 0.4) is 0 Å². The quantitative estimate of drug-likeness (QED) is 0.857. The molecule has 2 N–H and O–H groups in total. The van der Waals surface area contributed by atoms with Crippen molar-refractivity contribution < 1.29 is 9.18 Å². The minimum absolute atomic E-state index is 0.121. The van der Waals surface area contributed by atoms with Crippen molar-refractivity contribution in [3.63, 3.8) is 0 Å². The van der Waals surface area contributed by atoms with Gasteiger partial charge < -0.3 is 10.6 Å². The zero-order valence-corrected chi connectivity index (χ0v) is 10.4. The molecule has 0 unspecified atom stereocenters. The summed E-state index contributed by atoms with van der Waals surface area (Å²) in [6.45, 7) is 2.86. The van der Waals surface area contributed by atoms with E-state index < -0.39 is 0 Å². The molecule has 0 bridgehead atoms. The molecule has 0 saturated carbocycles. The lowest BCUT2D eigenvalue weighted by atomic mass is 9.95. The Morgan fingerprint density at radius 1 is 1.28 bits per heavy atom. The monoisotopic (exact) mass is 250 g/mol. The fourth-order valence-electron chi connectivity index (χ4n) is 2.26. The van der Waals surface area contributed by atoms with Gasteiger partial charge in [-0.15, -0.1) is 0 Å². The van der Waals surface area contributed by atoms with Crippen LogP contribution in [0.2, 0.25) is 0 Å². The van der Waals surface area contributed by atoms with Gasteiger partial charge in [-0.05, 0) is 62.5 Å². The average molecular weight is 250 g/mol. The van der Waals surface area contributed by atoms with Crippen LogP contribution in [0.4, 0.5) is 4.39 Å². The van der Waals surface area contributed by atoms with Crippen molar-refractivity contribution in [3.05, 3.63) is 35.6 Å². The Labute approximate surface area is 107 Å². The number of amides is 1. The van der Waals surface area contributed by atoms with Crippen LogP contribution in [-0.2, 0) is 0 Å². The van der Waals surface area contributed by atoms with Gasteiger partial charge in [-0.25, -0.2) is 4.39 Å². The summed E-state index contributed by atoms with van der Waals surface area (Å²) in [5.74, 6) is 0.268. The summed E-state index contributed by atoms with van der Waals surface area (Å²) in [5.41, 5.74) is 0.515. The lowest BCUT2D eigenvalue weighted by molar-refractivity contribution is 0.0950. The van der Waals surface area contributed by atoms with Crippen molar-refractivity contribution in [2.75, 3.05) is 19.6 Å². The molecule has 0 spiro atoms. The first kappa shape index (κ1) is 13.0. The highest BCUT2D eigenvalue weighted by Gasteiger charge is 2.13. The average Bonchev–Trinajstić information content (AvgIpc) is 2.40. The van der Waals surface area contributed by atoms with E-state index in [1.807, 2.05) is 0 Å². The molecule has 1 aromatic carbocycles. The smallest absolute Gasteiger partial charge is 0.251 e. The third-order valence-corrected chi connectivity index (χ3v) is 3.40. The van der Waals surface area contributed by atoms with Crippen LogP contribution < -0.4 is 10.6 Å². The molecule has 1 saturated heterocycles. The van der Waals surface area contributed by atoms with Crippen LogP contribution in [0.1, 0.15) is 29.6 Å². The molecule has 0 aliphatic carbocycles. The van der Waals surface area contributed by atoms with Gasteiger partial charge in [-0.3, -0.25) is 4.79 Å². The fourth-order valence-corrected chi connectivity index (χ4v) is 2.26. The largest absolute Gasteiger partial charge is 0.352 e. The van der Waals surface area contributed by atoms with Crippen LogP contribution in [0.15, 0.2) is 24.3 Å². The number of benzene rings is 1. The number of hydrogen-bond donors (Lipinski definition) is 2. The first-order chi connectivity index (χ1) is 8.75. The second-order valence-electron chi connectivity index (χ2n) is 4.74. The summed E-state index contributed by atoms with van der Waals surface area (Å²) in [7, 11) is 0. The van der Waals surface area contributed by atoms with Gasteiger partial charge in [0.1, 0.15) is 5.82 Å². The van der Waals surface area contributed by atoms with Gasteiger partial charge in [-0.1, -0.05) is 0 Å². The number of hydrogen-bond acceptors (Lipinski definition) is 2. The van der Waals surface area contributed by atoms with E-state index in [4.69, 9.17) is 0 Å². The van der Waals surface area contributed by atoms with Crippen molar-refractivity contribution in [3.8, 4) is 0 Å². The molecule has 1 amide bonds.